The van der Waals surface area contributed by atoms with Crippen LogP contribution < -0.4 is 0 Å². The Morgan fingerprint density at radius 3 is 2.40 bits per heavy atom. The van der Waals surface area contributed by atoms with Crippen LogP contribution in [-0.4, -0.2) is 5.78 Å². The van der Waals surface area contributed by atoms with Crippen molar-refractivity contribution in [2.24, 2.45) is 0 Å². The molecular weight excluding hydrogens is 312 g/mol. The van der Waals surface area contributed by atoms with E-state index in [0.29, 0.717) is 5.56 Å². The van der Waals surface area contributed by atoms with Crippen molar-refractivity contribution in [3.63, 3.8) is 0 Å². The first-order valence-electron chi connectivity index (χ1n) is 6.48. The van der Waals surface area contributed by atoms with E-state index in [9.17, 15) is 4.79 Å². The van der Waals surface area contributed by atoms with Crippen molar-refractivity contribution in [2.45, 2.75) is 19.3 Å². The van der Waals surface area contributed by atoms with Crippen molar-refractivity contribution in [2.75, 3.05) is 0 Å². The topological polar surface area (TPSA) is 17.1 Å². The fourth-order valence-electron chi connectivity index (χ4n) is 2.29. The number of carbonyl (C=O) groups excluding carboxylic acids is 1. The fourth-order valence-corrected chi connectivity index (χ4v) is 2.90. The van der Waals surface area contributed by atoms with E-state index in [0.717, 1.165) is 15.6 Å². The maximum absolute atomic E-state index is 12.9. The number of carbonyl (C=O) groups is 1. The highest BCUT2D eigenvalue weighted by atomic mass is 79.9. The Bertz CT molecular complexity index is 625. The predicted octanol–water partition coefficient (Wildman–Crippen LogP) is 5.08. The summed E-state index contributed by atoms with van der Waals surface area (Å²) in [6, 6.07) is 15.5. The van der Waals surface area contributed by atoms with Gasteiger partial charge >= 0.3 is 0 Å². The van der Waals surface area contributed by atoms with E-state index in [-0.39, 0.29) is 5.78 Å². The van der Waals surface area contributed by atoms with Crippen molar-refractivity contribution in [3.05, 3.63) is 82.3 Å². The van der Waals surface area contributed by atoms with Gasteiger partial charge < -0.3 is 0 Å². The normalized spacial score (nSPS) is 13.6. The lowest BCUT2D eigenvalue weighted by Crippen LogP contribution is -2.30. The van der Waals surface area contributed by atoms with Crippen molar-refractivity contribution in [3.8, 4) is 0 Å². The van der Waals surface area contributed by atoms with Crippen LogP contribution in [0.5, 0.6) is 0 Å². The summed E-state index contributed by atoms with van der Waals surface area (Å²) in [7, 11) is 0. The number of ketones is 1. The summed E-state index contributed by atoms with van der Waals surface area (Å²) in [4.78, 5) is 12.9. The number of aryl methyl sites for hydroxylation is 1. The quantitative estimate of drug-likeness (QED) is 0.564. The van der Waals surface area contributed by atoms with E-state index < -0.39 is 5.41 Å². The number of hydrogen-bond donors (Lipinski definition) is 0. The molecule has 2 rings (SSSR count). The Labute approximate surface area is 128 Å². The zero-order valence-electron chi connectivity index (χ0n) is 11.7. The van der Waals surface area contributed by atoms with Crippen LogP contribution in [-0.2, 0) is 5.41 Å². The molecule has 0 saturated heterocycles. The number of Topliss-reactive ketones (excluding diaryl/α,β-unsaturated/α-hetero) is 1. The standard InChI is InChI=1S/C18H17BrO/c1-4-18(3,15-8-6-5-7-9-15)17(20)14-10-13(2)11-16(19)12-14/h4-12H,1H2,2-3H3/t18-/m1/s1. The highest BCUT2D eigenvalue weighted by Crippen LogP contribution is 2.30. The molecule has 0 heterocycles. The van der Waals surface area contributed by atoms with Gasteiger partial charge in [0.15, 0.2) is 5.78 Å². The molecule has 20 heavy (non-hydrogen) atoms. The third-order valence-corrected chi connectivity index (χ3v) is 4.02. The smallest absolute Gasteiger partial charge is 0.176 e. The molecular formula is C18H17BrO. The molecule has 2 heteroatoms. The van der Waals surface area contributed by atoms with E-state index in [1.165, 1.54) is 0 Å². The van der Waals surface area contributed by atoms with Crippen LogP contribution in [0, 0.1) is 6.92 Å². The van der Waals surface area contributed by atoms with Crippen LogP contribution in [0.4, 0.5) is 0 Å². The summed E-state index contributed by atoms with van der Waals surface area (Å²) in [5.74, 6) is 0.0584. The first-order valence-corrected chi connectivity index (χ1v) is 7.28. The van der Waals surface area contributed by atoms with Crippen molar-refractivity contribution < 1.29 is 4.79 Å². The highest BCUT2D eigenvalue weighted by molar-refractivity contribution is 9.10. The molecule has 1 nitrogen and oxygen atoms in total. The molecule has 1 atom stereocenters. The predicted molar refractivity (Wildman–Crippen MR) is 87.2 cm³/mol. The lowest BCUT2D eigenvalue weighted by Gasteiger charge is -2.25. The summed E-state index contributed by atoms with van der Waals surface area (Å²) < 4.78 is 0.917. The maximum atomic E-state index is 12.9. The minimum atomic E-state index is -0.714. The van der Waals surface area contributed by atoms with Crippen LogP contribution >= 0.6 is 15.9 Å². The van der Waals surface area contributed by atoms with Crippen LogP contribution in [0.1, 0.15) is 28.4 Å². The molecule has 0 N–H and O–H groups in total. The molecule has 0 aliphatic rings. The van der Waals surface area contributed by atoms with Gasteiger partial charge in [-0.25, -0.2) is 0 Å². The summed E-state index contributed by atoms with van der Waals surface area (Å²) in [6.07, 6.45) is 1.72. The lowest BCUT2D eigenvalue weighted by atomic mass is 9.76. The van der Waals surface area contributed by atoms with E-state index in [1.54, 1.807) is 6.08 Å². The number of benzene rings is 2. The van der Waals surface area contributed by atoms with Gasteiger partial charge in [0.1, 0.15) is 0 Å². The lowest BCUT2D eigenvalue weighted by molar-refractivity contribution is 0.0927. The van der Waals surface area contributed by atoms with Crippen molar-refractivity contribution in [1.82, 2.24) is 0 Å². The van der Waals surface area contributed by atoms with Crippen LogP contribution in [0.25, 0.3) is 0 Å². The average molecular weight is 329 g/mol. The first-order chi connectivity index (χ1) is 9.47. The highest BCUT2D eigenvalue weighted by Gasteiger charge is 2.32. The number of allylic oxidation sites excluding steroid dienone is 1. The molecule has 0 spiro atoms. The van der Waals surface area contributed by atoms with Gasteiger partial charge in [0, 0.05) is 10.0 Å². The zero-order chi connectivity index (χ0) is 14.8. The number of hydrogen-bond acceptors (Lipinski definition) is 1. The van der Waals surface area contributed by atoms with E-state index in [4.69, 9.17) is 0 Å². The molecule has 0 unspecified atom stereocenters. The van der Waals surface area contributed by atoms with Crippen LogP contribution in [0.3, 0.4) is 0 Å². The molecule has 2 aromatic rings. The van der Waals surface area contributed by atoms with Gasteiger partial charge in [0.2, 0.25) is 0 Å². The molecule has 102 valence electrons. The largest absolute Gasteiger partial charge is 0.293 e. The van der Waals surface area contributed by atoms with Gasteiger partial charge in [-0.15, -0.1) is 6.58 Å². The minimum Gasteiger partial charge on any atom is -0.293 e. The first kappa shape index (κ1) is 14.7. The summed E-state index contributed by atoms with van der Waals surface area (Å²) in [6.45, 7) is 7.76. The maximum Gasteiger partial charge on any atom is 0.176 e. The third kappa shape index (κ3) is 2.75. The third-order valence-electron chi connectivity index (χ3n) is 3.56. The molecule has 0 saturated carbocycles. The van der Waals surface area contributed by atoms with Gasteiger partial charge in [0.05, 0.1) is 5.41 Å². The Hall–Kier alpha value is -1.67. The number of rotatable bonds is 4. The second-order valence-electron chi connectivity index (χ2n) is 5.12. The van der Waals surface area contributed by atoms with Crippen LogP contribution in [0.2, 0.25) is 0 Å². The Balaban J connectivity index is 2.51. The molecule has 0 amide bonds. The van der Waals surface area contributed by atoms with Gasteiger partial charge in [-0.3, -0.25) is 4.79 Å². The average Bonchev–Trinajstić information content (AvgIpc) is 2.45. The summed E-state index contributed by atoms with van der Waals surface area (Å²) in [5, 5.41) is 0. The monoisotopic (exact) mass is 328 g/mol. The molecule has 0 bridgehead atoms. The SMILES string of the molecule is C=C[C@@](C)(C(=O)c1cc(C)cc(Br)c1)c1ccccc1. The van der Waals surface area contributed by atoms with E-state index in [2.05, 4.69) is 22.5 Å². The van der Waals surface area contributed by atoms with E-state index >= 15 is 0 Å². The molecule has 0 radical (unpaired) electrons. The molecule has 2 aromatic carbocycles. The van der Waals surface area contributed by atoms with Gasteiger partial charge in [0.25, 0.3) is 0 Å². The Kier molecular flexibility index (Phi) is 4.24. The molecule has 0 aliphatic carbocycles. The molecule has 0 fully saturated rings. The second-order valence-corrected chi connectivity index (χ2v) is 6.03. The van der Waals surface area contributed by atoms with Gasteiger partial charge in [-0.2, -0.15) is 0 Å². The Morgan fingerprint density at radius 1 is 1.20 bits per heavy atom. The van der Waals surface area contributed by atoms with Gasteiger partial charge in [-0.05, 0) is 43.2 Å². The minimum absolute atomic E-state index is 0.0584. The van der Waals surface area contributed by atoms with Crippen molar-refractivity contribution in [1.29, 1.82) is 0 Å². The Morgan fingerprint density at radius 2 is 1.85 bits per heavy atom. The van der Waals surface area contributed by atoms with E-state index in [1.807, 2.05) is 62.4 Å². The molecule has 0 aromatic heterocycles. The van der Waals surface area contributed by atoms with Crippen LogP contribution in [0.15, 0.2) is 65.7 Å². The summed E-state index contributed by atoms with van der Waals surface area (Å²) >= 11 is 3.45. The zero-order valence-corrected chi connectivity index (χ0v) is 13.3. The second kappa shape index (κ2) is 5.76. The summed E-state index contributed by atoms with van der Waals surface area (Å²) in [5.41, 5.74) is 2.00. The van der Waals surface area contributed by atoms with Gasteiger partial charge in [-0.1, -0.05) is 52.3 Å². The number of halogens is 1. The van der Waals surface area contributed by atoms with Crippen molar-refractivity contribution >= 4 is 21.7 Å². The fraction of sp³-hybridized carbons (Fsp3) is 0.167. The molecule has 0 aliphatic heterocycles.